The van der Waals surface area contributed by atoms with Crippen molar-refractivity contribution in [2.45, 2.75) is 45.6 Å². The lowest BCUT2D eigenvalue weighted by Gasteiger charge is -2.20. The third-order valence-corrected chi connectivity index (χ3v) is 3.62. The summed E-state index contributed by atoms with van der Waals surface area (Å²) in [4.78, 5) is 4.47. The third-order valence-electron chi connectivity index (χ3n) is 3.62. The lowest BCUT2D eigenvalue weighted by molar-refractivity contribution is 0.316. The molecule has 0 aliphatic rings. The van der Waals surface area contributed by atoms with E-state index in [2.05, 4.69) is 36.2 Å². The summed E-state index contributed by atoms with van der Waals surface area (Å²) in [6, 6.07) is 6.38. The van der Waals surface area contributed by atoms with Crippen molar-refractivity contribution in [3.8, 4) is 11.4 Å². The Balaban J connectivity index is 2.15. The number of hydrogen-bond donors (Lipinski definition) is 1. The maximum atomic E-state index is 12.9. The first-order chi connectivity index (χ1) is 10.2. The van der Waals surface area contributed by atoms with Crippen LogP contribution in [0.25, 0.3) is 11.4 Å². The average molecular weight is 291 g/mol. The number of halogens is 1. The highest BCUT2D eigenvalue weighted by Crippen LogP contribution is 2.25. The quantitative estimate of drug-likeness (QED) is 0.844. The standard InChI is InChI=1S/C16H22FN3O/c1-4-10-18-11(3)14(5-2)16-19-15(20-21-16)12-6-8-13(17)9-7-12/h6-9,11,14,18H,4-5,10H2,1-3H3. The minimum absolute atomic E-state index is 0.179. The normalized spacial score (nSPS) is 14.1. The Morgan fingerprint density at radius 1 is 1.24 bits per heavy atom. The fourth-order valence-corrected chi connectivity index (χ4v) is 2.36. The average Bonchev–Trinajstić information content (AvgIpc) is 2.96. The smallest absolute Gasteiger partial charge is 0.231 e. The molecule has 0 bridgehead atoms. The van der Waals surface area contributed by atoms with Gasteiger partial charge in [-0.1, -0.05) is 19.0 Å². The minimum Gasteiger partial charge on any atom is -0.339 e. The van der Waals surface area contributed by atoms with Crippen LogP contribution >= 0.6 is 0 Å². The van der Waals surface area contributed by atoms with Crippen molar-refractivity contribution in [3.63, 3.8) is 0 Å². The van der Waals surface area contributed by atoms with Gasteiger partial charge in [0.05, 0.1) is 5.92 Å². The van der Waals surface area contributed by atoms with Crippen molar-refractivity contribution in [2.75, 3.05) is 6.54 Å². The van der Waals surface area contributed by atoms with Crippen LogP contribution in [0.5, 0.6) is 0 Å². The van der Waals surface area contributed by atoms with Crippen LogP contribution in [0.4, 0.5) is 4.39 Å². The van der Waals surface area contributed by atoms with Gasteiger partial charge in [-0.3, -0.25) is 0 Å². The molecule has 0 spiro atoms. The molecule has 2 aromatic rings. The molecule has 1 N–H and O–H groups in total. The molecule has 1 aromatic carbocycles. The maximum absolute atomic E-state index is 12.9. The van der Waals surface area contributed by atoms with Gasteiger partial charge in [0, 0.05) is 11.6 Å². The van der Waals surface area contributed by atoms with Gasteiger partial charge in [0.15, 0.2) is 0 Å². The number of nitrogens with zero attached hydrogens (tertiary/aromatic N) is 2. The zero-order valence-electron chi connectivity index (χ0n) is 12.8. The summed E-state index contributed by atoms with van der Waals surface area (Å²) in [6.07, 6.45) is 2.01. The predicted octanol–water partition coefficient (Wildman–Crippen LogP) is 3.76. The van der Waals surface area contributed by atoms with Crippen molar-refractivity contribution in [2.24, 2.45) is 0 Å². The molecular weight excluding hydrogens is 269 g/mol. The predicted molar refractivity (Wildman–Crippen MR) is 80.5 cm³/mol. The van der Waals surface area contributed by atoms with E-state index < -0.39 is 0 Å². The van der Waals surface area contributed by atoms with E-state index in [4.69, 9.17) is 4.52 Å². The number of benzene rings is 1. The van der Waals surface area contributed by atoms with E-state index in [0.29, 0.717) is 11.7 Å². The first kappa shape index (κ1) is 15.6. The van der Waals surface area contributed by atoms with Gasteiger partial charge in [-0.2, -0.15) is 4.98 Å². The molecule has 1 aromatic heterocycles. The molecule has 114 valence electrons. The largest absolute Gasteiger partial charge is 0.339 e. The van der Waals surface area contributed by atoms with Crippen molar-refractivity contribution in [1.82, 2.24) is 15.5 Å². The molecular formula is C16H22FN3O. The lowest BCUT2D eigenvalue weighted by atomic mass is 9.98. The zero-order chi connectivity index (χ0) is 15.2. The summed E-state index contributed by atoms with van der Waals surface area (Å²) in [7, 11) is 0. The van der Waals surface area contributed by atoms with Crippen LogP contribution in [0.1, 0.15) is 45.4 Å². The second-order valence-electron chi connectivity index (χ2n) is 5.22. The molecule has 0 saturated heterocycles. The minimum atomic E-state index is -0.272. The molecule has 0 aliphatic heterocycles. The van der Waals surface area contributed by atoms with Gasteiger partial charge < -0.3 is 9.84 Å². The topological polar surface area (TPSA) is 51.0 Å². The van der Waals surface area contributed by atoms with E-state index in [-0.39, 0.29) is 17.8 Å². The maximum Gasteiger partial charge on any atom is 0.231 e. The molecule has 4 nitrogen and oxygen atoms in total. The highest BCUT2D eigenvalue weighted by molar-refractivity contribution is 5.53. The van der Waals surface area contributed by atoms with E-state index in [1.165, 1.54) is 12.1 Å². The van der Waals surface area contributed by atoms with Gasteiger partial charge >= 0.3 is 0 Å². The summed E-state index contributed by atoms with van der Waals surface area (Å²) in [5.41, 5.74) is 0.760. The highest BCUT2D eigenvalue weighted by atomic mass is 19.1. The van der Waals surface area contributed by atoms with Crippen LogP contribution in [0.15, 0.2) is 28.8 Å². The fraction of sp³-hybridized carbons (Fsp3) is 0.500. The van der Waals surface area contributed by atoms with Crippen molar-refractivity contribution < 1.29 is 8.91 Å². The fourth-order valence-electron chi connectivity index (χ4n) is 2.36. The van der Waals surface area contributed by atoms with Gasteiger partial charge in [0.25, 0.3) is 0 Å². The van der Waals surface area contributed by atoms with E-state index in [9.17, 15) is 4.39 Å². The van der Waals surface area contributed by atoms with Gasteiger partial charge in [-0.25, -0.2) is 4.39 Å². The Morgan fingerprint density at radius 2 is 1.95 bits per heavy atom. The third kappa shape index (κ3) is 3.88. The summed E-state index contributed by atoms with van der Waals surface area (Å²) >= 11 is 0. The monoisotopic (exact) mass is 291 g/mol. The molecule has 2 rings (SSSR count). The first-order valence-electron chi connectivity index (χ1n) is 7.48. The zero-order valence-corrected chi connectivity index (χ0v) is 12.8. The van der Waals surface area contributed by atoms with Gasteiger partial charge in [-0.15, -0.1) is 0 Å². The van der Waals surface area contributed by atoms with Crippen molar-refractivity contribution in [1.29, 1.82) is 0 Å². The van der Waals surface area contributed by atoms with Gasteiger partial charge in [0.1, 0.15) is 5.82 Å². The Kier molecular flexibility index (Phi) is 5.44. The molecule has 2 atom stereocenters. The number of hydrogen-bond acceptors (Lipinski definition) is 4. The Morgan fingerprint density at radius 3 is 2.57 bits per heavy atom. The van der Waals surface area contributed by atoms with Crippen LogP contribution in [-0.2, 0) is 0 Å². The molecule has 0 fully saturated rings. The van der Waals surface area contributed by atoms with E-state index in [1.54, 1.807) is 12.1 Å². The molecule has 2 unspecified atom stereocenters. The lowest BCUT2D eigenvalue weighted by Crippen LogP contribution is -2.32. The Bertz CT molecular complexity index is 553. The van der Waals surface area contributed by atoms with Gasteiger partial charge in [-0.05, 0) is 50.6 Å². The number of aromatic nitrogens is 2. The van der Waals surface area contributed by atoms with Crippen LogP contribution in [0.2, 0.25) is 0 Å². The summed E-state index contributed by atoms with van der Waals surface area (Å²) in [5, 5.41) is 7.47. The molecule has 0 saturated carbocycles. The molecule has 0 amide bonds. The SMILES string of the molecule is CCCNC(C)C(CC)c1nc(-c2ccc(F)cc2)no1. The van der Waals surface area contributed by atoms with E-state index in [0.717, 1.165) is 24.9 Å². The van der Waals surface area contributed by atoms with Crippen molar-refractivity contribution >= 4 is 0 Å². The Hall–Kier alpha value is -1.75. The highest BCUT2D eigenvalue weighted by Gasteiger charge is 2.23. The number of nitrogens with one attached hydrogen (secondary N) is 1. The molecule has 5 heteroatoms. The molecule has 21 heavy (non-hydrogen) atoms. The first-order valence-corrected chi connectivity index (χ1v) is 7.48. The van der Waals surface area contributed by atoms with Crippen LogP contribution in [-0.4, -0.2) is 22.7 Å². The van der Waals surface area contributed by atoms with Crippen LogP contribution < -0.4 is 5.32 Å². The van der Waals surface area contributed by atoms with E-state index in [1.807, 2.05) is 0 Å². The van der Waals surface area contributed by atoms with Gasteiger partial charge in [0.2, 0.25) is 11.7 Å². The van der Waals surface area contributed by atoms with Crippen molar-refractivity contribution in [3.05, 3.63) is 36.0 Å². The molecule has 0 aliphatic carbocycles. The van der Waals surface area contributed by atoms with Crippen LogP contribution in [0, 0.1) is 5.82 Å². The second kappa shape index (κ2) is 7.31. The summed E-state index contributed by atoms with van der Waals surface area (Å²) in [5.74, 6) is 1.05. The summed E-state index contributed by atoms with van der Waals surface area (Å²) in [6.45, 7) is 7.35. The Labute approximate surface area is 124 Å². The molecule has 1 heterocycles. The second-order valence-corrected chi connectivity index (χ2v) is 5.22. The number of rotatable bonds is 7. The van der Waals surface area contributed by atoms with E-state index >= 15 is 0 Å². The van der Waals surface area contributed by atoms with Crippen LogP contribution in [0.3, 0.4) is 0 Å². The summed E-state index contributed by atoms with van der Waals surface area (Å²) < 4.78 is 18.4. The molecule has 0 radical (unpaired) electrons.